The summed E-state index contributed by atoms with van der Waals surface area (Å²) in [5.41, 5.74) is -2.65. The van der Waals surface area contributed by atoms with Crippen molar-refractivity contribution in [2.24, 2.45) is 0 Å². The van der Waals surface area contributed by atoms with Gasteiger partial charge in [-0.1, -0.05) is 12.2 Å². The van der Waals surface area contributed by atoms with Crippen LogP contribution in [0.4, 0.5) is 0 Å². The summed E-state index contributed by atoms with van der Waals surface area (Å²) < 4.78 is 16.1. The molecule has 0 radical (unpaired) electrons. The first-order valence-corrected chi connectivity index (χ1v) is 9.89. The van der Waals surface area contributed by atoms with E-state index in [4.69, 9.17) is 14.2 Å². The first kappa shape index (κ1) is 23.5. The minimum Gasteiger partial charge on any atom is -0.459 e. The number of esters is 2. The summed E-state index contributed by atoms with van der Waals surface area (Å²) in [5.74, 6) is -1.32. The SMILES string of the molecule is C/C=C(/C)C(=O)O[C@@H]1CCN2CC=C(COC(=O)[C@@](O)([C@@H](C)OC)C(C)(C)O)[C@H]12. The van der Waals surface area contributed by atoms with Crippen molar-refractivity contribution in [3.05, 3.63) is 23.3 Å². The minimum absolute atomic E-state index is 0.0640. The maximum Gasteiger partial charge on any atom is 0.344 e. The Morgan fingerprint density at radius 3 is 2.59 bits per heavy atom. The van der Waals surface area contributed by atoms with E-state index < -0.39 is 23.3 Å². The number of rotatable bonds is 8. The molecule has 0 aromatic carbocycles. The number of fused-ring (bicyclic) bond motifs is 1. The molecule has 0 amide bonds. The number of carbonyl (C=O) groups excluding carboxylic acids is 2. The summed E-state index contributed by atoms with van der Waals surface area (Å²) in [5, 5.41) is 21.2. The molecule has 0 bridgehead atoms. The van der Waals surface area contributed by atoms with Crippen molar-refractivity contribution in [2.45, 2.75) is 70.5 Å². The molecule has 0 aromatic heterocycles. The van der Waals surface area contributed by atoms with Gasteiger partial charge in [0.25, 0.3) is 0 Å². The maximum absolute atomic E-state index is 12.7. The first-order chi connectivity index (χ1) is 13.5. The molecular formula is C21H33NO7. The van der Waals surface area contributed by atoms with Gasteiger partial charge < -0.3 is 24.4 Å². The molecule has 2 aliphatic heterocycles. The quantitative estimate of drug-likeness (QED) is 0.346. The van der Waals surface area contributed by atoms with Crippen LogP contribution >= 0.6 is 0 Å². The molecule has 164 valence electrons. The standard InChI is InChI=1S/C21H33NO7/c1-7-13(2)18(23)29-16-9-11-22-10-8-15(17(16)22)12-28-19(24)21(26,14(3)27-6)20(4,5)25/h7-8,14,16-17,25-26H,9-12H2,1-6H3/b13-7-/t14-,16-,17-,21+/m1/s1. The van der Waals surface area contributed by atoms with Gasteiger partial charge >= 0.3 is 11.9 Å². The monoisotopic (exact) mass is 411 g/mol. The van der Waals surface area contributed by atoms with Crippen molar-refractivity contribution in [3.8, 4) is 0 Å². The van der Waals surface area contributed by atoms with Gasteiger partial charge in [0, 0.05) is 25.8 Å². The maximum atomic E-state index is 12.7. The zero-order valence-corrected chi connectivity index (χ0v) is 18.1. The fourth-order valence-electron chi connectivity index (χ4n) is 3.82. The van der Waals surface area contributed by atoms with E-state index in [0.717, 1.165) is 12.1 Å². The van der Waals surface area contributed by atoms with Crippen LogP contribution in [0.3, 0.4) is 0 Å². The predicted octanol–water partition coefficient (Wildman–Crippen LogP) is 0.959. The highest BCUT2D eigenvalue weighted by atomic mass is 16.6. The number of nitrogens with zero attached hydrogens (tertiary/aromatic N) is 1. The second-order valence-corrected chi connectivity index (χ2v) is 8.20. The number of allylic oxidation sites excluding steroid dienone is 1. The van der Waals surface area contributed by atoms with E-state index in [1.54, 1.807) is 19.9 Å². The van der Waals surface area contributed by atoms with Gasteiger partial charge in [-0.25, -0.2) is 9.59 Å². The van der Waals surface area contributed by atoms with Crippen LogP contribution in [0.2, 0.25) is 0 Å². The average molecular weight is 411 g/mol. The zero-order valence-electron chi connectivity index (χ0n) is 18.1. The first-order valence-electron chi connectivity index (χ1n) is 9.89. The van der Waals surface area contributed by atoms with Gasteiger partial charge in [0.2, 0.25) is 5.60 Å². The lowest BCUT2D eigenvalue weighted by Crippen LogP contribution is -2.63. The second-order valence-electron chi connectivity index (χ2n) is 8.20. The Labute approximate surface area is 172 Å². The number of hydrogen-bond donors (Lipinski definition) is 2. The van der Waals surface area contributed by atoms with Gasteiger partial charge in [0.15, 0.2) is 0 Å². The third kappa shape index (κ3) is 4.55. The Morgan fingerprint density at radius 1 is 1.38 bits per heavy atom. The molecule has 8 heteroatoms. The molecule has 2 aliphatic rings. The largest absolute Gasteiger partial charge is 0.459 e. The number of aliphatic hydroxyl groups is 2. The molecule has 0 unspecified atom stereocenters. The van der Waals surface area contributed by atoms with E-state index in [9.17, 15) is 19.8 Å². The molecule has 2 N–H and O–H groups in total. The lowest BCUT2D eigenvalue weighted by Gasteiger charge is -2.40. The molecule has 29 heavy (non-hydrogen) atoms. The predicted molar refractivity (Wildman–Crippen MR) is 106 cm³/mol. The van der Waals surface area contributed by atoms with Gasteiger partial charge in [-0.3, -0.25) is 4.90 Å². The van der Waals surface area contributed by atoms with Crippen LogP contribution in [0.1, 0.15) is 41.0 Å². The van der Waals surface area contributed by atoms with E-state index in [-0.39, 0.29) is 24.7 Å². The average Bonchev–Trinajstić information content (AvgIpc) is 3.26. The van der Waals surface area contributed by atoms with Crippen LogP contribution in [0.25, 0.3) is 0 Å². The van der Waals surface area contributed by atoms with E-state index >= 15 is 0 Å². The fraction of sp³-hybridized carbons (Fsp3) is 0.714. The molecule has 1 saturated heterocycles. The fourth-order valence-corrected chi connectivity index (χ4v) is 3.82. The molecule has 2 rings (SSSR count). The molecule has 0 saturated carbocycles. The van der Waals surface area contributed by atoms with Crippen LogP contribution in [0.5, 0.6) is 0 Å². The number of hydrogen-bond acceptors (Lipinski definition) is 8. The second kappa shape index (κ2) is 8.95. The summed E-state index contributed by atoms with van der Waals surface area (Å²) in [4.78, 5) is 27.0. The van der Waals surface area contributed by atoms with Gasteiger partial charge in [-0.05, 0) is 46.6 Å². The van der Waals surface area contributed by atoms with Crippen molar-refractivity contribution < 1.29 is 34.0 Å². The van der Waals surface area contributed by atoms with E-state index in [1.807, 2.05) is 6.08 Å². The van der Waals surface area contributed by atoms with Gasteiger partial charge in [0.05, 0.1) is 12.1 Å². The topological polar surface area (TPSA) is 106 Å². The highest BCUT2D eigenvalue weighted by molar-refractivity contribution is 5.87. The summed E-state index contributed by atoms with van der Waals surface area (Å²) >= 11 is 0. The van der Waals surface area contributed by atoms with Crippen LogP contribution < -0.4 is 0 Å². The lowest BCUT2D eigenvalue weighted by atomic mass is 9.81. The van der Waals surface area contributed by atoms with E-state index in [1.165, 1.54) is 27.9 Å². The lowest BCUT2D eigenvalue weighted by molar-refractivity contribution is -0.216. The molecule has 8 nitrogen and oxygen atoms in total. The molecule has 0 spiro atoms. The van der Waals surface area contributed by atoms with E-state index in [2.05, 4.69) is 4.90 Å². The normalized spacial score (nSPS) is 25.8. The van der Waals surface area contributed by atoms with Crippen LogP contribution in [-0.4, -0.2) is 83.3 Å². The van der Waals surface area contributed by atoms with Gasteiger partial charge in [-0.15, -0.1) is 0 Å². The van der Waals surface area contributed by atoms with E-state index in [0.29, 0.717) is 18.5 Å². The van der Waals surface area contributed by atoms with Crippen molar-refractivity contribution in [1.82, 2.24) is 4.90 Å². The smallest absolute Gasteiger partial charge is 0.344 e. The van der Waals surface area contributed by atoms with Gasteiger partial charge in [-0.2, -0.15) is 0 Å². The molecular weight excluding hydrogens is 378 g/mol. The van der Waals surface area contributed by atoms with Crippen molar-refractivity contribution in [2.75, 3.05) is 26.8 Å². The van der Waals surface area contributed by atoms with Gasteiger partial charge in [0.1, 0.15) is 18.3 Å². The van der Waals surface area contributed by atoms with Crippen molar-refractivity contribution in [1.29, 1.82) is 0 Å². The summed E-state index contributed by atoms with van der Waals surface area (Å²) in [6, 6.07) is -0.161. The summed E-state index contributed by atoms with van der Waals surface area (Å²) in [6.07, 6.45) is 3.05. The highest BCUT2D eigenvalue weighted by Crippen LogP contribution is 2.33. The highest BCUT2D eigenvalue weighted by Gasteiger charge is 2.55. The number of methoxy groups -OCH3 is 1. The Bertz CT molecular complexity index is 694. The molecule has 1 fully saturated rings. The van der Waals surface area contributed by atoms with Crippen molar-refractivity contribution in [3.63, 3.8) is 0 Å². The Kier molecular flexibility index (Phi) is 7.27. The number of ether oxygens (including phenoxy) is 3. The molecule has 0 aromatic rings. The van der Waals surface area contributed by atoms with Crippen LogP contribution in [0.15, 0.2) is 23.3 Å². The van der Waals surface area contributed by atoms with Crippen LogP contribution in [-0.2, 0) is 23.8 Å². The Morgan fingerprint density at radius 2 is 2.03 bits per heavy atom. The molecule has 2 heterocycles. The molecule has 4 atom stereocenters. The Balaban J connectivity index is 2.08. The van der Waals surface area contributed by atoms with Crippen molar-refractivity contribution >= 4 is 11.9 Å². The minimum atomic E-state index is -2.23. The third-order valence-corrected chi connectivity index (χ3v) is 5.98. The molecule has 0 aliphatic carbocycles. The summed E-state index contributed by atoms with van der Waals surface area (Å²) in [7, 11) is 1.34. The summed E-state index contributed by atoms with van der Waals surface area (Å²) in [6.45, 7) is 9.03. The Hall–Kier alpha value is -1.74. The number of carbonyl (C=O) groups is 2. The zero-order chi connectivity index (χ0) is 22.0. The third-order valence-electron chi connectivity index (χ3n) is 5.98. The van der Waals surface area contributed by atoms with Crippen LogP contribution in [0, 0.1) is 0 Å².